The average Bonchev–Trinajstić information content (AvgIpc) is 2.55. The highest BCUT2D eigenvalue weighted by atomic mass is 16.7. The lowest BCUT2D eigenvalue weighted by Gasteiger charge is -2.27. The lowest BCUT2D eigenvalue weighted by molar-refractivity contribution is -0.129. The number of hydrogen-bond donors (Lipinski definition) is 0. The summed E-state index contributed by atoms with van der Waals surface area (Å²) in [6.45, 7) is 6.61. The van der Waals surface area contributed by atoms with E-state index in [9.17, 15) is 0 Å². The van der Waals surface area contributed by atoms with Crippen molar-refractivity contribution in [1.29, 1.82) is 0 Å². The maximum absolute atomic E-state index is 6.12. The fourth-order valence-electron chi connectivity index (χ4n) is 2.89. The molecule has 0 N–H and O–H groups in total. The molecule has 1 saturated carbocycles. The third-order valence-corrected chi connectivity index (χ3v) is 4.56. The molecular formula is C19H30O2. The zero-order valence-corrected chi connectivity index (χ0v) is 13.8. The molecule has 2 atom stereocenters. The quantitative estimate of drug-likeness (QED) is 0.603. The van der Waals surface area contributed by atoms with Gasteiger partial charge in [-0.25, -0.2) is 0 Å². The molecule has 2 heteroatoms. The van der Waals surface area contributed by atoms with Gasteiger partial charge in [0.05, 0.1) is 6.10 Å². The minimum Gasteiger partial charge on any atom is -0.465 e. The van der Waals surface area contributed by atoms with Gasteiger partial charge in [-0.15, -0.1) is 0 Å². The van der Waals surface area contributed by atoms with Crippen LogP contribution in [0.4, 0.5) is 0 Å². The Labute approximate surface area is 129 Å². The van der Waals surface area contributed by atoms with Crippen molar-refractivity contribution in [1.82, 2.24) is 0 Å². The molecule has 0 heterocycles. The van der Waals surface area contributed by atoms with Crippen LogP contribution in [0.1, 0.15) is 77.2 Å². The third-order valence-electron chi connectivity index (χ3n) is 4.56. The topological polar surface area (TPSA) is 18.5 Å². The summed E-state index contributed by atoms with van der Waals surface area (Å²) in [7, 11) is 0. The fraction of sp³-hybridized carbons (Fsp3) is 0.684. The maximum Gasteiger partial charge on any atom is 0.199 e. The summed E-state index contributed by atoms with van der Waals surface area (Å²) < 4.78 is 12.1. The molecule has 21 heavy (non-hydrogen) atoms. The van der Waals surface area contributed by atoms with E-state index in [-0.39, 0.29) is 6.29 Å². The highest BCUT2D eigenvalue weighted by molar-refractivity contribution is 5.29. The molecule has 0 amide bonds. The summed E-state index contributed by atoms with van der Waals surface area (Å²) in [5.74, 6) is 1.53. The Morgan fingerprint density at radius 1 is 1.00 bits per heavy atom. The van der Waals surface area contributed by atoms with E-state index in [1.54, 1.807) is 0 Å². The van der Waals surface area contributed by atoms with Gasteiger partial charge in [0.1, 0.15) is 5.75 Å². The van der Waals surface area contributed by atoms with E-state index in [1.807, 2.05) is 0 Å². The second kappa shape index (κ2) is 8.43. The van der Waals surface area contributed by atoms with Crippen molar-refractivity contribution in [2.24, 2.45) is 0 Å². The molecule has 2 unspecified atom stereocenters. The number of benzene rings is 1. The van der Waals surface area contributed by atoms with E-state index in [0.717, 1.165) is 12.2 Å². The van der Waals surface area contributed by atoms with Gasteiger partial charge >= 0.3 is 0 Å². The van der Waals surface area contributed by atoms with E-state index in [1.165, 1.54) is 44.1 Å². The van der Waals surface area contributed by atoms with Crippen molar-refractivity contribution in [3.63, 3.8) is 0 Å². The minimum atomic E-state index is -0.109. The molecule has 1 aliphatic carbocycles. The Balaban J connectivity index is 1.88. The molecule has 0 saturated heterocycles. The standard InChI is InChI=1S/C19H30O2/c1-4-15(3)16-11-13-18(14-12-16)21-19(5-2)20-17-9-7-6-8-10-17/h11-15,17,19H,4-10H2,1-3H3. The van der Waals surface area contributed by atoms with Gasteiger partial charge in [0, 0.05) is 6.42 Å². The summed E-state index contributed by atoms with van der Waals surface area (Å²) >= 11 is 0. The van der Waals surface area contributed by atoms with Crippen LogP contribution in [0.5, 0.6) is 5.75 Å². The Hall–Kier alpha value is -1.02. The fourth-order valence-corrected chi connectivity index (χ4v) is 2.89. The molecule has 1 aliphatic rings. The summed E-state index contributed by atoms with van der Waals surface area (Å²) in [5.41, 5.74) is 1.38. The first-order chi connectivity index (χ1) is 10.2. The van der Waals surface area contributed by atoms with Crippen LogP contribution in [0.2, 0.25) is 0 Å². The van der Waals surface area contributed by atoms with E-state index in [4.69, 9.17) is 9.47 Å². The molecule has 0 aromatic heterocycles. The highest BCUT2D eigenvalue weighted by Gasteiger charge is 2.19. The maximum atomic E-state index is 6.12. The SMILES string of the molecule is CCC(Oc1ccc(C(C)CC)cc1)OC1CCCCC1. The largest absolute Gasteiger partial charge is 0.465 e. The molecule has 2 rings (SSSR count). The molecule has 0 spiro atoms. The Morgan fingerprint density at radius 3 is 2.24 bits per heavy atom. The zero-order valence-electron chi connectivity index (χ0n) is 13.8. The van der Waals surface area contributed by atoms with Crippen molar-refractivity contribution in [3.05, 3.63) is 29.8 Å². The van der Waals surface area contributed by atoms with E-state index < -0.39 is 0 Å². The van der Waals surface area contributed by atoms with Gasteiger partial charge < -0.3 is 9.47 Å². The Kier molecular flexibility index (Phi) is 6.56. The van der Waals surface area contributed by atoms with Crippen molar-refractivity contribution in [3.8, 4) is 5.75 Å². The molecule has 1 aromatic rings. The van der Waals surface area contributed by atoms with Crippen molar-refractivity contribution in [2.75, 3.05) is 0 Å². The summed E-state index contributed by atoms with van der Waals surface area (Å²) in [5, 5.41) is 0. The summed E-state index contributed by atoms with van der Waals surface area (Å²) in [6.07, 6.45) is 8.67. The zero-order chi connectivity index (χ0) is 15.1. The number of hydrogen-bond acceptors (Lipinski definition) is 2. The van der Waals surface area contributed by atoms with Crippen LogP contribution in [0.3, 0.4) is 0 Å². The summed E-state index contributed by atoms with van der Waals surface area (Å²) in [4.78, 5) is 0. The highest BCUT2D eigenvalue weighted by Crippen LogP contribution is 2.25. The third kappa shape index (κ3) is 5.03. The predicted molar refractivity (Wildman–Crippen MR) is 87.8 cm³/mol. The van der Waals surface area contributed by atoms with Crippen LogP contribution in [0.25, 0.3) is 0 Å². The molecule has 1 aromatic carbocycles. The van der Waals surface area contributed by atoms with Gasteiger partial charge in [-0.3, -0.25) is 0 Å². The number of ether oxygens (including phenoxy) is 2. The second-order valence-corrected chi connectivity index (χ2v) is 6.23. The first kappa shape index (κ1) is 16.4. The molecule has 0 radical (unpaired) electrons. The van der Waals surface area contributed by atoms with Gasteiger partial charge in [0.15, 0.2) is 6.29 Å². The molecule has 0 aliphatic heterocycles. The first-order valence-electron chi connectivity index (χ1n) is 8.65. The van der Waals surface area contributed by atoms with Crippen molar-refractivity contribution >= 4 is 0 Å². The molecule has 2 nitrogen and oxygen atoms in total. The van der Waals surface area contributed by atoms with E-state index in [0.29, 0.717) is 12.0 Å². The van der Waals surface area contributed by atoms with Gasteiger partial charge in [0.2, 0.25) is 0 Å². The normalized spacial score (nSPS) is 19.2. The van der Waals surface area contributed by atoms with E-state index >= 15 is 0 Å². The molecular weight excluding hydrogens is 260 g/mol. The minimum absolute atomic E-state index is 0.109. The van der Waals surface area contributed by atoms with Gasteiger partial charge in [-0.1, -0.05) is 52.2 Å². The van der Waals surface area contributed by atoms with E-state index in [2.05, 4.69) is 45.0 Å². The molecule has 118 valence electrons. The van der Waals surface area contributed by atoms with Crippen LogP contribution in [-0.2, 0) is 4.74 Å². The van der Waals surface area contributed by atoms with Gasteiger partial charge in [0.25, 0.3) is 0 Å². The van der Waals surface area contributed by atoms with Crippen LogP contribution < -0.4 is 4.74 Å². The Bertz CT molecular complexity index is 393. The van der Waals surface area contributed by atoms with Gasteiger partial charge in [-0.05, 0) is 42.9 Å². The van der Waals surface area contributed by atoms with Crippen molar-refractivity contribution < 1.29 is 9.47 Å². The smallest absolute Gasteiger partial charge is 0.199 e. The number of rotatable bonds is 7. The van der Waals surface area contributed by atoms with Crippen molar-refractivity contribution in [2.45, 2.75) is 84.0 Å². The summed E-state index contributed by atoms with van der Waals surface area (Å²) in [6, 6.07) is 8.51. The predicted octanol–water partition coefficient (Wildman–Crippen LogP) is 5.66. The van der Waals surface area contributed by atoms with Crippen LogP contribution >= 0.6 is 0 Å². The Morgan fingerprint density at radius 2 is 1.67 bits per heavy atom. The lowest BCUT2D eigenvalue weighted by Crippen LogP contribution is -2.28. The van der Waals surface area contributed by atoms with Crippen LogP contribution in [0.15, 0.2) is 24.3 Å². The average molecular weight is 290 g/mol. The second-order valence-electron chi connectivity index (χ2n) is 6.23. The monoisotopic (exact) mass is 290 g/mol. The lowest BCUT2D eigenvalue weighted by atomic mass is 9.98. The van der Waals surface area contributed by atoms with Crippen LogP contribution in [-0.4, -0.2) is 12.4 Å². The first-order valence-corrected chi connectivity index (χ1v) is 8.65. The molecule has 1 fully saturated rings. The molecule has 0 bridgehead atoms. The van der Waals surface area contributed by atoms with Crippen LogP contribution in [0, 0.1) is 0 Å². The van der Waals surface area contributed by atoms with Gasteiger partial charge in [-0.2, -0.15) is 0 Å².